The molecule has 16 nitrogen and oxygen atoms in total. The van der Waals surface area contributed by atoms with Crippen LogP contribution in [0.1, 0.15) is 11.1 Å². The third-order valence-corrected chi connectivity index (χ3v) is 5.84. The molecule has 1 heterocycles. The molecule has 4 atom stereocenters. The van der Waals surface area contributed by atoms with Crippen LogP contribution in [0.5, 0.6) is 17.2 Å². The molecule has 226 valence electrons. The topological polar surface area (TPSA) is 284 Å². The second-order valence-electron chi connectivity index (χ2n) is 8.37. The lowest BCUT2D eigenvalue weighted by atomic mass is 10.0. The predicted molar refractivity (Wildman–Crippen MR) is 148 cm³/mol. The molecule has 3 rings (SSSR count). The van der Waals surface area contributed by atoms with Crippen LogP contribution in [0.2, 0.25) is 0 Å². The first kappa shape index (κ1) is 34.5. The Bertz CT molecular complexity index is 1320. The Balaban J connectivity index is 0.000000512. The molecular formula is C25H35N5O11. The summed E-state index contributed by atoms with van der Waals surface area (Å²) in [6, 6.07) is 7.60. The summed E-state index contributed by atoms with van der Waals surface area (Å²) in [7, 11) is 4.75. The van der Waals surface area contributed by atoms with Gasteiger partial charge in [-0.2, -0.15) is 4.98 Å². The van der Waals surface area contributed by atoms with Crippen LogP contribution in [-0.2, 0) is 16.1 Å². The fourth-order valence-corrected chi connectivity index (χ4v) is 3.67. The second kappa shape index (κ2) is 15.3. The summed E-state index contributed by atoms with van der Waals surface area (Å²) in [5, 5.41) is 47.4. The highest BCUT2D eigenvalue weighted by molar-refractivity contribution is 5.92. The van der Waals surface area contributed by atoms with Gasteiger partial charge in [-0.25, -0.2) is 9.78 Å². The maximum absolute atomic E-state index is 10.1. The zero-order valence-electron chi connectivity index (χ0n) is 22.7. The van der Waals surface area contributed by atoms with E-state index in [1.54, 1.807) is 21.3 Å². The third kappa shape index (κ3) is 8.26. The number of aryl methyl sites for hydroxylation is 1. The van der Waals surface area contributed by atoms with Gasteiger partial charge in [0.15, 0.2) is 23.9 Å². The van der Waals surface area contributed by atoms with Crippen molar-refractivity contribution in [3.63, 3.8) is 0 Å². The Morgan fingerprint density at radius 3 is 2.07 bits per heavy atom. The van der Waals surface area contributed by atoms with Crippen molar-refractivity contribution in [1.82, 2.24) is 9.97 Å². The standard InChI is InChI=1S/C19H23N5O3.C6H10O7.H2O/c1-10-11(5-6-13-16(10)18(20)24-19(21)23-13)9-22-12-7-14(25-2)17(27-4)15(8-12)26-3;7-1-2(8)3(9)4(10)5(11)6(12)13;/h5-8,22H,9H2,1-4H3,(H4,20,21,23,24);1-5,8-11H,(H,12,13);1H2/t;2-,3+,4-,5-;/m.0./s1. The number of aldehydes is 1. The Labute approximate surface area is 234 Å². The number of nitrogens with one attached hydrogen (secondary N) is 1. The predicted octanol–water partition coefficient (Wildman–Crippen LogP) is -1.37. The number of benzene rings is 2. The molecule has 2 aromatic carbocycles. The van der Waals surface area contributed by atoms with E-state index in [2.05, 4.69) is 15.3 Å². The summed E-state index contributed by atoms with van der Waals surface area (Å²) >= 11 is 0. The van der Waals surface area contributed by atoms with Gasteiger partial charge in [-0.15, -0.1) is 0 Å². The van der Waals surface area contributed by atoms with Crippen molar-refractivity contribution in [1.29, 1.82) is 0 Å². The van der Waals surface area contributed by atoms with Gasteiger partial charge in [-0.3, -0.25) is 0 Å². The number of aliphatic hydroxyl groups is 4. The molecule has 0 aliphatic rings. The van der Waals surface area contributed by atoms with Crippen molar-refractivity contribution in [2.24, 2.45) is 0 Å². The molecule has 0 saturated carbocycles. The number of nitrogens with zero attached hydrogens (tertiary/aromatic N) is 2. The molecule has 3 aromatic rings. The molecule has 1 aromatic heterocycles. The maximum atomic E-state index is 10.1. The summed E-state index contributed by atoms with van der Waals surface area (Å²) in [5.41, 5.74) is 15.4. The van der Waals surface area contributed by atoms with Crippen molar-refractivity contribution in [2.75, 3.05) is 38.1 Å². The number of aliphatic carboxylic acids is 1. The number of methoxy groups -OCH3 is 3. The number of carbonyl (C=O) groups excluding carboxylic acids is 1. The number of hydrogen-bond acceptors (Lipinski definition) is 14. The van der Waals surface area contributed by atoms with Gasteiger partial charge in [0.05, 0.1) is 26.8 Å². The highest BCUT2D eigenvalue weighted by Gasteiger charge is 2.34. The lowest BCUT2D eigenvalue weighted by Gasteiger charge is -2.21. The molecule has 0 saturated heterocycles. The number of nitrogens with two attached hydrogens (primary N) is 2. The fraction of sp³-hybridized carbons (Fsp3) is 0.360. The summed E-state index contributed by atoms with van der Waals surface area (Å²) in [6.07, 6.45) is -8.39. The second-order valence-corrected chi connectivity index (χ2v) is 8.37. The molecule has 0 spiro atoms. The van der Waals surface area contributed by atoms with E-state index in [-0.39, 0.29) is 17.7 Å². The van der Waals surface area contributed by atoms with E-state index in [1.165, 1.54) is 0 Å². The van der Waals surface area contributed by atoms with E-state index < -0.39 is 30.4 Å². The molecule has 0 aliphatic heterocycles. The van der Waals surface area contributed by atoms with E-state index in [9.17, 15) is 9.59 Å². The third-order valence-electron chi connectivity index (χ3n) is 5.84. The molecule has 16 heteroatoms. The van der Waals surface area contributed by atoms with Crippen LogP contribution in [-0.4, -0.2) is 99.0 Å². The minimum Gasteiger partial charge on any atom is -0.493 e. The minimum atomic E-state index is -2.25. The Hall–Kier alpha value is -4.48. The first-order valence-electron chi connectivity index (χ1n) is 11.6. The van der Waals surface area contributed by atoms with Crippen molar-refractivity contribution in [2.45, 2.75) is 37.9 Å². The van der Waals surface area contributed by atoms with Crippen LogP contribution in [0.25, 0.3) is 10.9 Å². The average molecular weight is 582 g/mol. The van der Waals surface area contributed by atoms with Crippen LogP contribution >= 0.6 is 0 Å². The first-order valence-corrected chi connectivity index (χ1v) is 11.6. The number of carboxylic acid groups (broad SMARTS) is 1. The quantitative estimate of drug-likeness (QED) is 0.121. The number of nitrogen functional groups attached to an aromatic ring is 2. The molecule has 0 bridgehead atoms. The summed E-state index contributed by atoms with van der Waals surface area (Å²) in [4.78, 5) is 28.3. The molecule has 12 N–H and O–H groups in total. The molecule has 0 amide bonds. The van der Waals surface area contributed by atoms with E-state index in [1.807, 2.05) is 31.2 Å². The largest absolute Gasteiger partial charge is 0.493 e. The van der Waals surface area contributed by atoms with Crippen LogP contribution in [0.4, 0.5) is 17.5 Å². The molecule has 0 unspecified atom stereocenters. The maximum Gasteiger partial charge on any atom is 0.335 e. The highest BCUT2D eigenvalue weighted by Crippen LogP contribution is 2.40. The SMILES string of the molecule is COc1cc(NCc2ccc3nc(N)nc(N)c3c2C)cc(OC)c1OC.O.O=C[C@H](O)[C@@H](O)[C@H](O)[C@H](O)C(=O)O. The number of fused-ring (bicyclic) bond motifs is 1. The van der Waals surface area contributed by atoms with Gasteiger partial charge in [0, 0.05) is 29.8 Å². The van der Waals surface area contributed by atoms with Gasteiger partial charge in [0.25, 0.3) is 0 Å². The highest BCUT2D eigenvalue weighted by atomic mass is 16.5. The fourth-order valence-electron chi connectivity index (χ4n) is 3.67. The smallest absolute Gasteiger partial charge is 0.335 e. The van der Waals surface area contributed by atoms with Crippen LogP contribution in [0.15, 0.2) is 24.3 Å². The van der Waals surface area contributed by atoms with Gasteiger partial charge in [-0.1, -0.05) is 6.07 Å². The Morgan fingerprint density at radius 2 is 1.59 bits per heavy atom. The van der Waals surface area contributed by atoms with E-state index in [0.29, 0.717) is 29.6 Å². The zero-order valence-corrected chi connectivity index (χ0v) is 22.7. The van der Waals surface area contributed by atoms with Crippen LogP contribution in [0.3, 0.4) is 0 Å². The number of rotatable bonds is 11. The number of anilines is 3. The first-order chi connectivity index (χ1) is 18.9. The van der Waals surface area contributed by atoms with E-state index in [0.717, 1.165) is 27.7 Å². The Kier molecular flexibility index (Phi) is 12.9. The van der Waals surface area contributed by atoms with Gasteiger partial charge >= 0.3 is 5.97 Å². The lowest BCUT2D eigenvalue weighted by molar-refractivity contribution is -0.163. The average Bonchev–Trinajstić information content (AvgIpc) is 2.94. The van der Waals surface area contributed by atoms with Crippen LogP contribution < -0.4 is 31.0 Å². The van der Waals surface area contributed by atoms with Gasteiger partial charge in [-0.05, 0) is 24.1 Å². The van der Waals surface area contributed by atoms with Crippen molar-refractivity contribution < 1.29 is 54.8 Å². The van der Waals surface area contributed by atoms with Gasteiger partial charge in [0.2, 0.25) is 11.7 Å². The minimum absolute atomic E-state index is 0. The molecule has 41 heavy (non-hydrogen) atoms. The van der Waals surface area contributed by atoms with Crippen LogP contribution in [0, 0.1) is 6.92 Å². The molecule has 0 radical (unpaired) electrons. The van der Waals surface area contributed by atoms with Crippen molar-refractivity contribution in [3.8, 4) is 17.2 Å². The Morgan fingerprint density at radius 1 is 1.00 bits per heavy atom. The summed E-state index contributed by atoms with van der Waals surface area (Å²) in [6.45, 7) is 2.56. The van der Waals surface area contributed by atoms with E-state index >= 15 is 0 Å². The molecule has 0 fully saturated rings. The van der Waals surface area contributed by atoms with Crippen molar-refractivity contribution in [3.05, 3.63) is 35.4 Å². The number of aromatic nitrogens is 2. The molecule has 0 aliphatic carbocycles. The number of ether oxygens (including phenoxy) is 3. The number of aliphatic hydroxyl groups excluding tert-OH is 4. The van der Waals surface area contributed by atoms with E-state index in [4.69, 9.17) is 51.2 Å². The summed E-state index contributed by atoms with van der Waals surface area (Å²) in [5.74, 6) is 0.511. The number of hydrogen-bond donors (Lipinski definition) is 8. The zero-order chi connectivity index (χ0) is 30.1. The number of carbonyl (C=O) groups is 2. The summed E-state index contributed by atoms with van der Waals surface area (Å²) < 4.78 is 16.1. The van der Waals surface area contributed by atoms with Crippen molar-refractivity contribution >= 4 is 40.6 Å². The molecular weight excluding hydrogens is 546 g/mol. The van der Waals surface area contributed by atoms with Gasteiger partial charge < -0.3 is 66.8 Å². The van der Waals surface area contributed by atoms with Gasteiger partial charge in [0.1, 0.15) is 24.1 Å². The monoisotopic (exact) mass is 581 g/mol. The lowest BCUT2D eigenvalue weighted by Crippen LogP contribution is -2.48. The normalized spacial score (nSPS) is 13.4. The number of carboxylic acids is 1.